The van der Waals surface area contributed by atoms with Crippen molar-refractivity contribution in [3.63, 3.8) is 0 Å². The zero-order valence-electron chi connectivity index (χ0n) is 8.14. The van der Waals surface area contributed by atoms with E-state index in [2.05, 4.69) is 26.2 Å². The van der Waals surface area contributed by atoms with Gasteiger partial charge in [0.15, 0.2) is 9.04 Å². The van der Waals surface area contributed by atoms with Crippen molar-refractivity contribution in [2.45, 2.75) is 45.3 Å². The van der Waals surface area contributed by atoms with Crippen molar-refractivity contribution in [3.8, 4) is 0 Å². The summed E-state index contributed by atoms with van der Waals surface area (Å²) in [6, 6.07) is 0. The number of aliphatic hydroxyl groups is 1. The lowest BCUT2D eigenvalue weighted by atomic mass is 10.5. The average Bonchev–Trinajstić information content (AvgIpc) is 1.83. The van der Waals surface area contributed by atoms with E-state index in [-0.39, 0.29) is 5.73 Å². The lowest BCUT2D eigenvalue weighted by Gasteiger charge is -2.29. The van der Waals surface area contributed by atoms with Crippen LogP contribution in [0.15, 0.2) is 0 Å². The molecule has 0 aliphatic heterocycles. The molecule has 0 aromatic carbocycles. The van der Waals surface area contributed by atoms with Gasteiger partial charge in [-0.3, -0.25) is 0 Å². The predicted molar refractivity (Wildman–Crippen MR) is 52.3 cm³/mol. The highest BCUT2D eigenvalue weighted by molar-refractivity contribution is 6.78. The first-order valence-corrected chi connectivity index (χ1v) is 9.46. The van der Waals surface area contributed by atoms with Crippen LogP contribution in [0.5, 0.6) is 0 Å². The molecular formula is C7H19O2Si2. The molecule has 11 heavy (non-hydrogen) atoms. The molecule has 0 fully saturated rings. The van der Waals surface area contributed by atoms with Crippen molar-refractivity contribution >= 4 is 17.4 Å². The van der Waals surface area contributed by atoms with Crippen LogP contribution < -0.4 is 0 Å². The van der Waals surface area contributed by atoms with Gasteiger partial charge in [0.25, 0.3) is 0 Å². The lowest BCUT2D eigenvalue weighted by Crippen LogP contribution is -2.47. The number of hydrogen-bond acceptors (Lipinski definition) is 2. The molecule has 0 aromatic rings. The molecule has 0 spiro atoms. The van der Waals surface area contributed by atoms with Crippen LogP contribution in [0, 0.1) is 0 Å². The summed E-state index contributed by atoms with van der Waals surface area (Å²) in [5.74, 6) is 0. The number of hydrogen-bond donors (Lipinski definition) is 1. The normalized spacial score (nSPS) is 15.5. The summed E-state index contributed by atoms with van der Waals surface area (Å²) >= 11 is 0. The van der Waals surface area contributed by atoms with Crippen LogP contribution in [-0.4, -0.2) is 28.2 Å². The van der Waals surface area contributed by atoms with Crippen LogP contribution in [0.1, 0.15) is 13.3 Å². The molecule has 0 aliphatic rings. The van der Waals surface area contributed by atoms with Crippen LogP contribution in [0.2, 0.25) is 26.2 Å². The Morgan fingerprint density at radius 3 is 2.18 bits per heavy atom. The fourth-order valence-corrected chi connectivity index (χ4v) is 6.82. The quantitative estimate of drug-likeness (QED) is 0.686. The first-order valence-electron chi connectivity index (χ1n) is 4.07. The van der Waals surface area contributed by atoms with Gasteiger partial charge in [0, 0.05) is 0 Å². The Morgan fingerprint density at radius 1 is 1.45 bits per heavy atom. The monoisotopic (exact) mass is 191 g/mol. The Bertz CT molecular complexity index is 115. The van der Waals surface area contributed by atoms with Crippen LogP contribution in [0.3, 0.4) is 0 Å². The van der Waals surface area contributed by atoms with Gasteiger partial charge in [0.2, 0.25) is 8.32 Å². The zero-order valence-corrected chi connectivity index (χ0v) is 10.1. The molecule has 0 aromatic heterocycles. The minimum absolute atomic E-state index is 0.206. The van der Waals surface area contributed by atoms with E-state index in [1.165, 1.54) is 0 Å². The highest BCUT2D eigenvalue weighted by Crippen LogP contribution is 2.13. The predicted octanol–water partition coefficient (Wildman–Crippen LogP) is 1.77. The Morgan fingerprint density at radius 2 is 1.91 bits per heavy atom. The van der Waals surface area contributed by atoms with Crippen molar-refractivity contribution in [3.05, 3.63) is 0 Å². The second-order valence-corrected chi connectivity index (χ2v) is 10.0. The van der Waals surface area contributed by atoms with E-state index in [0.717, 1.165) is 6.42 Å². The molecule has 1 N–H and O–H groups in total. The van der Waals surface area contributed by atoms with Crippen molar-refractivity contribution in [2.24, 2.45) is 0 Å². The van der Waals surface area contributed by atoms with E-state index in [9.17, 15) is 5.11 Å². The van der Waals surface area contributed by atoms with Gasteiger partial charge in [0.05, 0.1) is 5.73 Å². The first-order chi connectivity index (χ1) is 4.90. The van der Waals surface area contributed by atoms with Gasteiger partial charge >= 0.3 is 0 Å². The van der Waals surface area contributed by atoms with Gasteiger partial charge in [-0.1, -0.05) is 6.92 Å². The topological polar surface area (TPSA) is 29.5 Å². The van der Waals surface area contributed by atoms with E-state index >= 15 is 0 Å². The van der Waals surface area contributed by atoms with Gasteiger partial charge in [-0.05, 0) is 32.6 Å². The standard InChI is InChI=1S/C7H19O2Si2/c1-6-7(8)11(4,5)9-10(2)3/h7-8H,6H2,1-5H3. The molecule has 1 unspecified atom stereocenters. The summed E-state index contributed by atoms with van der Waals surface area (Å²) in [5, 5.41) is 9.59. The average molecular weight is 191 g/mol. The first kappa shape index (κ1) is 11.4. The fourth-order valence-electron chi connectivity index (χ4n) is 1.09. The molecule has 2 nitrogen and oxygen atoms in total. The molecule has 4 heteroatoms. The molecule has 0 bridgehead atoms. The summed E-state index contributed by atoms with van der Waals surface area (Å²) in [6.07, 6.45) is 0.814. The van der Waals surface area contributed by atoms with Gasteiger partial charge < -0.3 is 9.22 Å². The van der Waals surface area contributed by atoms with Gasteiger partial charge in [-0.15, -0.1) is 0 Å². The van der Waals surface area contributed by atoms with Crippen LogP contribution >= 0.6 is 0 Å². The molecule has 0 heterocycles. The maximum atomic E-state index is 9.59. The molecule has 0 saturated carbocycles. The van der Waals surface area contributed by atoms with E-state index < -0.39 is 17.4 Å². The zero-order chi connectivity index (χ0) is 9.07. The van der Waals surface area contributed by atoms with Gasteiger partial charge in [-0.2, -0.15) is 0 Å². The van der Waals surface area contributed by atoms with Crippen LogP contribution in [-0.2, 0) is 4.12 Å². The van der Waals surface area contributed by atoms with Crippen LogP contribution in [0.4, 0.5) is 0 Å². The maximum Gasteiger partial charge on any atom is 0.202 e. The van der Waals surface area contributed by atoms with Crippen LogP contribution in [0.25, 0.3) is 0 Å². The Balaban J connectivity index is 3.98. The smallest absolute Gasteiger partial charge is 0.202 e. The second-order valence-electron chi connectivity index (χ2n) is 3.54. The molecule has 0 rings (SSSR count). The van der Waals surface area contributed by atoms with Gasteiger partial charge in [-0.25, -0.2) is 0 Å². The Hall–Kier alpha value is 0.354. The summed E-state index contributed by atoms with van der Waals surface area (Å²) in [5.41, 5.74) is -0.206. The van der Waals surface area contributed by atoms with Crippen molar-refractivity contribution in [1.82, 2.24) is 0 Å². The highest BCUT2D eigenvalue weighted by Gasteiger charge is 2.31. The Labute approximate surface area is 72.4 Å². The van der Waals surface area contributed by atoms with E-state index in [1.54, 1.807) is 0 Å². The van der Waals surface area contributed by atoms with Crippen molar-refractivity contribution in [2.75, 3.05) is 0 Å². The van der Waals surface area contributed by atoms with E-state index in [4.69, 9.17) is 4.12 Å². The fraction of sp³-hybridized carbons (Fsp3) is 1.00. The minimum Gasteiger partial charge on any atom is -0.454 e. The molecule has 0 aliphatic carbocycles. The lowest BCUT2D eigenvalue weighted by molar-refractivity contribution is 0.220. The Kier molecular flexibility index (Phi) is 4.54. The largest absolute Gasteiger partial charge is 0.454 e. The third-order valence-electron chi connectivity index (χ3n) is 1.66. The maximum absolute atomic E-state index is 9.59. The SMILES string of the molecule is CCC(O)[Si](C)(C)O[Si](C)C. The number of rotatable bonds is 4. The van der Waals surface area contributed by atoms with Crippen molar-refractivity contribution in [1.29, 1.82) is 0 Å². The summed E-state index contributed by atoms with van der Waals surface area (Å²) in [6.45, 7) is 10.4. The third kappa shape index (κ3) is 4.05. The van der Waals surface area contributed by atoms with Gasteiger partial charge in [0.1, 0.15) is 0 Å². The number of aliphatic hydroxyl groups excluding tert-OH is 1. The van der Waals surface area contributed by atoms with E-state index in [0.29, 0.717) is 0 Å². The third-order valence-corrected chi connectivity index (χ3v) is 7.41. The summed E-state index contributed by atoms with van der Waals surface area (Å²) in [7, 11) is -2.41. The van der Waals surface area contributed by atoms with Crippen molar-refractivity contribution < 1.29 is 9.22 Å². The molecule has 1 atom stereocenters. The van der Waals surface area contributed by atoms with E-state index in [1.807, 2.05) is 6.92 Å². The molecular weight excluding hydrogens is 172 g/mol. The molecule has 0 saturated heterocycles. The second kappa shape index (κ2) is 4.40. The summed E-state index contributed by atoms with van der Waals surface area (Å²) in [4.78, 5) is 0. The molecule has 0 amide bonds. The molecule has 67 valence electrons. The molecule has 1 radical (unpaired) electrons. The summed E-state index contributed by atoms with van der Waals surface area (Å²) < 4.78 is 5.78. The highest BCUT2D eigenvalue weighted by atomic mass is 28.4. The minimum atomic E-state index is -1.77.